The van der Waals surface area contributed by atoms with Crippen LogP contribution >= 0.6 is 11.6 Å². The molecule has 3 aromatic rings. The van der Waals surface area contributed by atoms with Crippen molar-refractivity contribution in [2.75, 3.05) is 5.32 Å². The molecular formula is C15H12ClN3O2. The summed E-state index contributed by atoms with van der Waals surface area (Å²) in [5, 5.41) is 15.6. The highest BCUT2D eigenvalue weighted by atomic mass is 35.5. The molecule has 0 fully saturated rings. The molecular weight excluding hydrogens is 290 g/mol. The average Bonchev–Trinajstić information content (AvgIpc) is 2.93. The van der Waals surface area contributed by atoms with E-state index in [1.807, 2.05) is 30.5 Å². The van der Waals surface area contributed by atoms with Gasteiger partial charge in [0.05, 0.1) is 4.92 Å². The van der Waals surface area contributed by atoms with Gasteiger partial charge in [0.25, 0.3) is 5.69 Å². The zero-order chi connectivity index (χ0) is 14.8. The zero-order valence-corrected chi connectivity index (χ0v) is 11.7. The molecule has 1 aromatic heterocycles. The molecule has 5 nitrogen and oxygen atoms in total. The smallest absolute Gasteiger partial charge is 0.293 e. The summed E-state index contributed by atoms with van der Waals surface area (Å²) in [6.45, 7) is 0.497. The minimum atomic E-state index is -0.442. The van der Waals surface area contributed by atoms with Crippen molar-refractivity contribution in [3.05, 3.63) is 69.4 Å². The first kappa shape index (κ1) is 13.5. The quantitative estimate of drug-likeness (QED) is 0.556. The maximum atomic E-state index is 11.0. The van der Waals surface area contributed by atoms with Crippen molar-refractivity contribution in [2.24, 2.45) is 0 Å². The van der Waals surface area contributed by atoms with Crippen LogP contribution < -0.4 is 5.32 Å². The number of hydrogen-bond donors (Lipinski definition) is 2. The molecule has 0 aliphatic carbocycles. The molecule has 0 amide bonds. The summed E-state index contributed by atoms with van der Waals surface area (Å²) < 4.78 is 0. The Hall–Kier alpha value is -2.53. The Morgan fingerprint density at radius 3 is 2.86 bits per heavy atom. The van der Waals surface area contributed by atoms with Crippen molar-refractivity contribution in [2.45, 2.75) is 6.54 Å². The number of aromatic nitrogens is 1. The molecule has 106 valence electrons. The van der Waals surface area contributed by atoms with Crippen molar-refractivity contribution in [1.82, 2.24) is 4.98 Å². The number of H-pyrrole nitrogens is 1. The molecule has 0 aliphatic rings. The van der Waals surface area contributed by atoms with Crippen LogP contribution in [0.5, 0.6) is 0 Å². The van der Waals surface area contributed by atoms with Gasteiger partial charge in [-0.25, -0.2) is 0 Å². The number of anilines is 1. The van der Waals surface area contributed by atoms with Gasteiger partial charge in [-0.05, 0) is 35.2 Å². The highest BCUT2D eigenvalue weighted by molar-refractivity contribution is 6.30. The Morgan fingerprint density at radius 1 is 1.19 bits per heavy atom. The van der Waals surface area contributed by atoms with Crippen LogP contribution in [0.25, 0.3) is 10.9 Å². The van der Waals surface area contributed by atoms with Gasteiger partial charge in [-0.15, -0.1) is 0 Å². The van der Waals surface area contributed by atoms with Gasteiger partial charge in [0.2, 0.25) is 0 Å². The molecule has 0 atom stereocenters. The summed E-state index contributed by atoms with van der Waals surface area (Å²) in [4.78, 5) is 13.7. The van der Waals surface area contributed by atoms with E-state index >= 15 is 0 Å². The van der Waals surface area contributed by atoms with Gasteiger partial charge in [0, 0.05) is 29.3 Å². The molecule has 21 heavy (non-hydrogen) atoms. The first-order chi connectivity index (χ1) is 10.1. The Balaban J connectivity index is 1.82. The van der Waals surface area contributed by atoms with Crippen LogP contribution in [0.2, 0.25) is 5.02 Å². The second-order valence-electron chi connectivity index (χ2n) is 4.67. The predicted octanol–water partition coefficient (Wildman–Crippen LogP) is 4.34. The van der Waals surface area contributed by atoms with Crippen LogP contribution in [0, 0.1) is 10.1 Å². The summed E-state index contributed by atoms with van der Waals surface area (Å²) in [5.41, 5.74) is 2.51. The van der Waals surface area contributed by atoms with E-state index in [-0.39, 0.29) is 5.69 Å². The lowest BCUT2D eigenvalue weighted by Crippen LogP contribution is -2.02. The molecule has 0 bridgehead atoms. The summed E-state index contributed by atoms with van der Waals surface area (Å²) >= 11 is 5.79. The van der Waals surface area contributed by atoms with Crippen molar-refractivity contribution in [1.29, 1.82) is 0 Å². The van der Waals surface area contributed by atoms with Crippen LogP contribution in [0.4, 0.5) is 11.4 Å². The number of nitrogens with zero attached hydrogens (tertiary/aromatic N) is 1. The molecule has 1 heterocycles. The minimum absolute atomic E-state index is 0.0246. The zero-order valence-electron chi connectivity index (χ0n) is 11.0. The Labute approximate surface area is 125 Å². The van der Waals surface area contributed by atoms with Gasteiger partial charge in [0.15, 0.2) is 0 Å². The number of nitro benzene ring substituents is 1. The third kappa shape index (κ3) is 2.83. The molecule has 2 N–H and O–H groups in total. The SMILES string of the molecule is O=[N+]([O-])c1cc(Cl)ccc1NCc1ccc2cc[nH]c2c1. The van der Waals surface area contributed by atoms with E-state index in [1.165, 1.54) is 6.07 Å². The highest BCUT2D eigenvalue weighted by Gasteiger charge is 2.13. The fourth-order valence-corrected chi connectivity index (χ4v) is 2.37. The van der Waals surface area contributed by atoms with Crippen molar-refractivity contribution in [3.8, 4) is 0 Å². The largest absolute Gasteiger partial charge is 0.375 e. The lowest BCUT2D eigenvalue weighted by Gasteiger charge is -2.07. The molecule has 0 spiro atoms. The second-order valence-corrected chi connectivity index (χ2v) is 5.11. The number of fused-ring (bicyclic) bond motifs is 1. The van der Waals surface area contributed by atoms with E-state index in [2.05, 4.69) is 10.3 Å². The monoisotopic (exact) mass is 301 g/mol. The lowest BCUT2D eigenvalue weighted by molar-refractivity contribution is -0.383. The molecule has 0 saturated heterocycles. The van der Waals surface area contributed by atoms with Crippen molar-refractivity contribution >= 4 is 33.9 Å². The van der Waals surface area contributed by atoms with Crippen LogP contribution in [-0.2, 0) is 6.54 Å². The predicted molar refractivity (Wildman–Crippen MR) is 83.7 cm³/mol. The van der Waals surface area contributed by atoms with E-state index < -0.39 is 4.92 Å². The van der Waals surface area contributed by atoms with E-state index in [0.29, 0.717) is 17.3 Å². The van der Waals surface area contributed by atoms with Gasteiger partial charge in [-0.3, -0.25) is 10.1 Å². The molecule has 3 rings (SSSR count). The highest BCUT2D eigenvalue weighted by Crippen LogP contribution is 2.28. The van der Waals surface area contributed by atoms with Crippen LogP contribution in [-0.4, -0.2) is 9.91 Å². The van der Waals surface area contributed by atoms with E-state index in [9.17, 15) is 10.1 Å². The summed E-state index contributed by atoms with van der Waals surface area (Å²) in [6, 6.07) is 12.6. The van der Waals surface area contributed by atoms with Gasteiger partial charge in [-0.1, -0.05) is 23.7 Å². The van der Waals surface area contributed by atoms with Crippen LogP contribution in [0.15, 0.2) is 48.7 Å². The topological polar surface area (TPSA) is 71.0 Å². The number of nitro groups is 1. The molecule has 0 saturated carbocycles. The summed E-state index contributed by atoms with van der Waals surface area (Å²) in [5.74, 6) is 0. The standard InChI is InChI=1S/C15H12ClN3O2/c16-12-3-4-13(15(8-12)19(20)21)18-9-10-1-2-11-5-6-17-14(11)7-10/h1-8,17-18H,9H2. The third-order valence-electron chi connectivity index (χ3n) is 3.26. The Kier molecular flexibility index (Phi) is 3.50. The molecule has 2 aromatic carbocycles. The van der Waals surface area contributed by atoms with Crippen molar-refractivity contribution < 1.29 is 4.92 Å². The fraction of sp³-hybridized carbons (Fsp3) is 0.0667. The van der Waals surface area contributed by atoms with E-state index in [4.69, 9.17) is 11.6 Å². The Morgan fingerprint density at radius 2 is 2.05 bits per heavy atom. The van der Waals surface area contributed by atoms with E-state index in [1.54, 1.807) is 12.1 Å². The minimum Gasteiger partial charge on any atom is -0.375 e. The van der Waals surface area contributed by atoms with Crippen LogP contribution in [0.1, 0.15) is 5.56 Å². The van der Waals surface area contributed by atoms with Gasteiger partial charge >= 0.3 is 0 Å². The first-order valence-electron chi connectivity index (χ1n) is 6.37. The summed E-state index contributed by atoms with van der Waals surface area (Å²) in [6.07, 6.45) is 1.88. The van der Waals surface area contributed by atoms with Gasteiger partial charge in [-0.2, -0.15) is 0 Å². The molecule has 0 radical (unpaired) electrons. The average molecular weight is 302 g/mol. The number of nitrogens with one attached hydrogen (secondary N) is 2. The molecule has 0 aliphatic heterocycles. The number of benzene rings is 2. The number of aromatic amines is 1. The maximum Gasteiger partial charge on any atom is 0.293 e. The number of rotatable bonds is 4. The molecule has 6 heteroatoms. The lowest BCUT2D eigenvalue weighted by atomic mass is 10.1. The van der Waals surface area contributed by atoms with Gasteiger partial charge in [0.1, 0.15) is 5.69 Å². The molecule has 0 unspecified atom stereocenters. The number of hydrogen-bond acceptors (Lipinski definition) is 3. The second kappa shape index (κ2) is 5.46. The fourth-order valence-electron chi connectivity index (χ4n) is 2.21. The van der Waals surface area contributed by atoms with Gasteiger partial charge < -0.3 is 10.3 Å². The van der Waals surface area contributed by atoms with Crippen LogP contribution in [0.3, 0.4) is 0 Å². The van der Waals surface area contributed by atoms with E-state index in [0.717, 1.165) is 16.5 Å². The first-order valence-corrected chi connectivity index (χ1v) is 6.75. The number of halogens is 1. The summed E-state index contributed by atoms with van der Waals surface area (Å²) in [7, 11) is 0. The van der Waals surface area contributed by atoms with Crippen molar-refractivity contribution in [3.63, 3.8) is 0 Å². The third-order valence-corrected chi connectivity index (χ3v) is 3.49. The normalized spacial score (nSPS) is 10.7. The maximum absolute atomic E-state index is 11.0. The Bertz CT molecular complexity index is 814.